The summed E-state index contributed by atoms with van der Waals surface area (Å²) in [6.45, 7) is 2.17. The van der Waals surface area contributed by atoms with E-state index in [1.54, 1.807) is 23.6 Å². The SMILES string of the molecule is CC(O)CN1CSCC1=O. The van der Waals surface area contributed by atoms with Crippen LogP contribution in [0.3, 0.4) is 0 Å². The van der Waals surface area contributed by atoms with Gasteiger partial charge < -0.3 is 10.0 Å². The molecule has 1 saturated heterocycles. The Hall–Kier alpha value is -0.220. The number of rotatable bonds is 2. The second-order valence-electron chi connectivity index (χ2n) is 2.44. The summed E-state index contributed by atoms with van der Waals surface area (Å²) in [5.41, 5.74) is 0. The van der Waals surface area contributed by atoms with Crippen LogP contribution in [0.1, 0.15) is 6.92 Å². The molecule has 1 fully saturated rings. The van der Waals surface area contributed by atoms with Crippen molar-refractivity contribution >= 4 is 17.7 Å². The van der Waals surface area contributed by atoms with Crippen LogP contribution in [0.5, 0.6) is 0 Å². The van der Waals surface area contributed by atoms with Crippen molar-refractivity contribution < 1.29 is 9.90 Å². The topological polar surface area (TPSA) is 40.5 Å². The van der Waals surface area contributed by atoms with Gasteiger partial charge in [-0.05, 0) is 6.92 Å². The van der Waals surface area contributed by atoms with Crippen molar-refractivity contribution in [2.24, 2.45) is 0 Å². The molecule has 10 heavy (non-hydrogen) atoms. The maximum absolute atomic E-state index is 10.9. The molecule has 1 rings (SSSR count). The molecule has 1 aliphatic heterocycles. The van der Waals surface area contributed by atoms with Gasteiger partial charge in [-0.3, -0.25) is 4.79 Å². The number of hydrogen-bond acceptors (Lipinski definition) is 3. The third-order valence-corrected chi connectivity index (χ3v) is 2.26. The Kier molecular flexibility index (Phi) is 2.56. The van der Waals surface area contributed by atoms with Crippen molar-refractivity contribution in [1.29, 1.82) is 0 Å². The smallest absolute Gasteiger partial charge is 0.233 e. The number of aliphatic hydroxyl groups is 1. The molecule has 4 heteroatoms. The minimum absolute atomic E-state index is 0.144. The van der Waals surface area contributed by atoms with E-state index in [0.29, 0.717) is 12.3 Å². The number of carbonyl (C=O) groups excluding carboxylic acids is 1. The van der Waals surface area contributed by atoms with E-state index in [0.717, 1.165) is 5.88 Å². The molecular weight excluding hydrogens is 150 g/mol. The van der Waals surface area contributed by atoms with Crippen molar-refractivity contribution in [1.82, 2.24) is 4.90 Å². The summed E-state index contributed by atoms with van der Waals surface area (Å²) in [6.07, 6.45) is -0.400. The van der Waals surface area contributed by atoms with E-state index in [4.69, 9.17) is 5.11 Å². The molecule has 58 valence electrons. The predicted molar refractivity (Wildman–Crippen MR) is 40.7 cm³/mol. The van der Waals surface area contributed by atoms with E-state index in [-0.39, 0.29) is 5.91 Å². The molecule has 1 unspecified atom stereocenters. The number of amides is 1. The molecule has 0 aromatic rings. The summed E-state index contributed by atoms with van der Waals surface area (Å²) in [5, 5.41) is 8.93. The van der Waals surface area contributed by atoms with Crippen LogP contribution in [0.2, 0.25) is 0 Å². The standard InChI is InChI=1S/C6H11NO2S/c1-5(8)2-7-4-10-3-6(7)9/h5,8H,2-4H2,1H3. The van der Waals surface area contributed by atoms with Gasteiger partial charge in [-0.25, -0.2) is 0 Å². The second kappa shape index (κ2) is 3.25. The van der Waals surface area contributed by atoms with Crippen LogP contribution in [-0.4, -0.2) is 40.2 Å². The molecule has 1 heterocycles. The average molecular weight is 161 g/mol. The van der Waals surface area contributed by atoms with Crippen LogP contribution in [0.25, 0.3) is 0 Å². The van der Waals surface area contributed by atoms with Gasteiger partial charge in [-0.2, -0.15) is 0 Å². The van der Waals surface area contributed by atoms with Crippen LogP contribution in [0.4, 0.5) is 0 Å². The van der Waals surface area contributed by atoms with Gasteiger partial charge in [-0.1, -0.05) is 0 Å². The van der Waals surface area contributed by atoms with Crippen LogP contribution >= 0.6 is 11.8 Å². The zero-order valence-electron chi connectivity index (χ0n) is 5.91. The Labute approximate surface area is 64.4 Å². The van der Waals surface area contributed by atoms with E-state index in [2.05, 4.69) is 0 Å². The molecule has 1 N–H and O–H groups in total. The van der Waals surface area contributed by atoms with Crippen molar-refractivity contribution in [3.05, 3.63) is 0 Å². The summed E-state index contributed by atoms with van der Waals surface area (Å²) in [6, 6.07) is 0. The number of hydrogen-bond donors (Lipinski definition) is 1. The maximum Gasteiger partial charge on any atom is 0.233 e. The predicted octanol–water partition coefficient (Wildman–Crippen LogP) is -0.0999. The van der Waals surface area contributed by atoms with Gasteiger partial charge in [0.1, 0.15) is 0 Å². The molecule has 3 nitrogen and oxygen atoms in total. The van der Waals surface area contributed by atoms with Crippen LogP contribution in [-0.2, 0) is 4.79 Å². The Morgan fingerprint density at radius 1 is 1.90 bits per heavy atom. The maximum atomic E-state index is 10.9. The van der Waals surface area contributed by atoms with E-state index in [1.807, 2.05) is 0 Å². The Balaban J connectivity index is 2.33. The van der Waals surface area contributed by atoms with Gasteiger partial charge in [0.2, 0.25) is 5.91 Å². The largest absolute Gasteiger partial charge is 0.392 e. The summed E-state index contributed by atoms with van der Waals surface area (Å²) < 4.78 is 0. The summed E-state index contributed by atoms with van der Waals surface area (Å²) in [4.78, 5) is 12.6. The number of nitrogens with zero attached hydrogens (tertiary/aromatic N) is 1. The first-order chi connectivity index (χ1) is 4.70. The minimum atomic E-state index is -0.400. The molecule has 0 radical (unpaired) electrons. The zero-order valence-corrected chi connectivity index (χ0v) is 6.73. The van der Waals surface area contributed by atoms with E-state index in [1.165, 1.54) is 0 Å². The molecule has 1 amide bonds. The van der Waals surface area contributed by atoms with E-state index in [9.17, 15) is 4.79 Å². The van der Waals surface area contributed by atoms with Gasteiger partial charge in [-0.15, -0.1) is 11.8 Å². The number of carbonyl (C=O) groups is 1. The fourth-order valence-electron chi connectivity index (χ4n) is 0.880. The average Bonchev–Trinajstić information content (AvgIpc) is 2.15. The van der Waals surface area contributed by atoms with E-state index >= 15 is 0 Å². The summed E-state index contributed by atoms with van der Waals surface area (Å²) in [7, 11) is 0. The number of β-amino-alcohol motifs (C(OH)–C–C–N with tert-alkyl or cyclic N) is 1. The summed E-state index contributed by atoms with van der Waals surface area (Å²) >= 11 is 1.60. The molecular formula is C6H11NO2S. The van der Waals surface area contributed by atoms with Gasteiger partial charge >= 0.3 is 0 Å². The van der Waals surface area contributed by atoms with Crippen LogP contribution in [0, 0.1) is 0 Å². The highest BCUT2D eigenvalue weighted by Crippen LogP contribution is 2.14. The van der Waals surface area contributed by atoms with Gasteiger partial charge in [0.15, 0.2) is 0 Å². The summed E-state index contributed by atoms with van der Waals surface area (Å²) in [5.74, 6) is 1.46. The quantitative estimate of drug-likeness (QED) is 0.615. The number of thioether (sulfide) groups is 1. The molecule has 1 aliphatic rings. The van der Waals surface area contributed by atoms with E-state index < -0.39 is 6.10 Å². The highest BCUT2D eigenvalue weighted by atomic mass is 32.2. The lowest BCUT2D eigenvalue weighted by Gasteiger charge is -2.15. The molecule has 0 aromatic heterocycles. The normalized spacial score (nSPS) is 21.8. The third-order valence-electron chi connectivity index (χ3n) is 1.31. The van der Waals surface area contributed by atoms with Gasteiger partial charge in [0.25, 0.3) is 0 Å². The fourth-order valence-corrected chi connectivity index (χ4v) is 1.80. The first-order valence-electron chi connectivity index (χ1n) is 3.23. The first-order valence-corrected chi connectivity index (χ1v) is 4.39. The van der Waals surface area contributed by atoms with Crippen molar-refractivity contribution in [3.8, 4) is 0 Å². The van der Waals surface area contributed by atoms with Crippen LogP contribution in [0.15, 0.2) is 0 Å². The monoisotopic (exact) mass is 161 g/mol. The first kappa shape index (κ1) is 7.88. The minimum Gasteiger partial charge on any atom is -0.392 e. The zero-order chi connectivity index (χ0) is 7.56. The van der Waals surface area contributed by atoms with Gasteiger partial charge in [0, 0.05) is 6.54 Å². The molecule has 0 saturated carbocycles. The lowest BCUT2D eigenvalue weighted by atomic mass is 10.4. The highest BCUT2D eigenvalue weighted by Gasteiger charge is 2.21. The molecule has 0 aromatic carbocycles. The molecule has 0 aliphatic carbocycles. The van der Waals surface area contributed by atoms with Crippen molar-refractivity contribution in [2.45, 2.75) is 13.0 Å². The van der Waals surface area contributed by atoms with Gasteiger partial charge in [0.05, 0.1) is 17.7 Å². The Morgan fingerprint density at radius 2 is 2.60 bits per heavy atom. The van der Waals surface area contributed by atoms with Crippen molar-refractivity contribution in [2.75, 3.05) is 18.2 Å². The highest BCUT2D eigenvalue weighted by molar-refractivity contribution is 8.00. The second-order valence-corrected chi connectivity index (χ2v) is 3.40. The lowest BCUT2D eigenvalue weighted by molar-refractivity contribution is -0.127. The lowest BCUT2D eigenvalue weighted by Crippen LogP contribution is -2.32. The molecule has 0 bridgehead atoms. The molecule has 0 spiro atoms. The fraction of sp³-hybridized carbons (Fsp3) is 0.833. The Bertz CT molecular complexity index is 138. The third kappa shape index (κ3) is 1.88. The Morgan fingerprint density at radius 3 is 3.00 bits per heavy atom. The number of aliphatic hydroxyl groups excluding tert-OH is 1. The van der Waals surface area contributed by atoms with Crippen molar-refractivity contribution in [3.63, 3.8) is 0 Å². The van der Waals surface area contributed by atoms with Crippen LogP contribution < -0.4 is 0 Å². The molecule has 1 atom stereocenters.